The maximum atomic E-state index is 9.09. The average Bonchev–Trinajstić information content (AvgIpc) is 1.97. The number of allylic oxidation sites excluding steroid dienone is 2. The van der Waals surface area contributed by atoms with Crippen molar-refractivity contribution in [3.63, 3.8) is 0 Å². The largest absolute Gasteiger partial charge is 0.393 e. The summed E-state index contributed by atoms with van der Waals surface area (Å²) in [6, 6.07) is 0. The highest BCUT2D eigenvalue weighted by molar-refractivity contribution is 4.86. The van der Waals surface area contributed by atoms with E-state index in [-0.39, 0.29) is 6.10 Å². The van der Waals surface area contributed by atoms with E-state index < -0.39 is 0 Å². The molecule has 0 fully saturated rings. The molecule has 0 aliphatic carbocycles. The Balaban J connectivity index is 3.40. The highest BCUT2D eigenvalue weighted by Gasteiger charge is 2.00. The van der Waals surface area contributed by atoms with Crippen LogP contribution in [0.1, 0.15) is 46.5 Å². The van der Waals surface area contributed by atoms with Crippen LogP contribution in [0.2, 0.25) is 0 Å². The Morgan fingerprint density at radius 3 is 2.50 bits per heavy atom. The second-order valence-corrected chi connectivity index (χ2v) is 3.63. The molecule has 2 atom stereocenters. The highest BCUT2D eigenvalue weighted by atomic mass is 16.3. The number of aliphatic hydroxyl groups excluding tert-OH is 1. The summed E-state index contributed by atoms with van der Waals surface area (Å²) in [5.74, 6) is 0.516. The lowest BCUT2D eigenvalue weighted by atomic mass is 10.0. The molecule has 0 aromatic rings. The lowest BCUT2D eigenvalue weighted by Gasteiger charge is -2.07. The first kappa shape index (κ1) is 11.7. The van der Waals surface area contributed by atoms with Crippen LogP contribution in [0, 0.1) is 5.92 Å². The van der Waals surface area contributed by atoms with E-state index in [1.54, 1.807) is 0 Å². The van der Waals surface area contributed by atoms with Crippen molar-refractivity contribution in [3.8, 4) is 0 Å². The molecule has 0 radical (unpaired) electrons. The minimum Gasteiger partial charge on any atom is -0.393 e. The molecule has 0 aromatic carbocycles. The Morgan fingerprint density at radius 2 is 2.00 bits per heavy atom. The third-order valence-electron chi connectivity index (χ3n) is 1.90. The molecule has 0 bridgehead atoms. The fourth-order valence-electron chi connectivity index (χ4n) is 1.27. The predicted octanol–water partition coefficient (Wildman–Crippen LogP) is 3.14. The Hall–Kier alpha value is -0.300. The molecule has 12 heavy (non-hydrogen) atoms. The van der Waals surface area contributed by atoms with E-state index in [0.29, 0.717) is 5.92 Å². The van der Waals surface area contributed by atoms with E-state index >= 15 is 0 Å². The van der Waals surface area contributed by atoms with Crippen molar-refractivity contribution in [2.45, 2.75) is 52.6 Å². The summed E-state index contributed by atoms with van der Waals surface area (Å²) in [5, 5.41) is 9.09. The molecule has 1 N–H and O–H groups in total. The van der Waals surface area contributed by atoms with E-state index in [0.717, 1.165) is 6.42 Å². The SMILES string of the molecule is CCCCC=CC(C)CC(C)O. The van der Waals surface area contributed by atoms with E-state index in [4.69, 9.17) is 5.11 Å². The first-order valence-electron chi connectivity index (χ1n) is 5.01. The van der Waals surface area contributed by atoms with E-state index in [1.807, 2.05) is 6.92 Å². The molecule has 2 unspecified atom stereocenters. The third-order valence-corrected chi connectivity index (χ3v) is 1.90. The van der Waals surface area contributed by atoms with Gasteiger partial charge in [-0.25, -0.2) is 0 Å². The topological polar surface area (TPSA) is 20.2 Å². The van der Waals surface area contributed by atoms with Crippen LogP contribution in [0.4, 0.5) is 0 Å². The maximum Gasteiger partial charge on any atom is 0.0517 e. The van der Waals surface area contributed by atoms with Crippen molar-refractivity contribution in [2.24, 2.45) is 5.92 Å². The van der Waals surface area contributed by atoms with Gasteiger partial charge in [0, 0.05) is 0 Å². The second-order valence-electron chi connectivity index (χ2n) is 3.63. The quantitative estimate of drug-likeness (QED) is 0.479. The van der Waals surface area contributed by atoms with Gasteiger partial charge in [-0.1, -0.05) is 38.8 Å². The van der Waals surface area contributed by atoms with Gasteiger partial charge >= 0.3 is 0 Å². The monoisotopic (exact) mass is 170 g/mol. The van der Waals surface area contributed by atoms with Crippen molar-refractivity contribution in [3.05, 3.63) is 12.2 Å². The van der Waals surface area contributed by atoms with Gasteiger partial charge in [0.05, 0.1) is 6.10 Å². The fourth-order valence-corrected chi connectivity index (χ4v) is 1.27. The Labute approximate surface area is 76.5 Å². The molecule has 1 heteroatoms. The summed E-state index contributed by atoms with van der Waals surface area (Å²) in [6.07, 6.45) is 8.87. The third kappa shape index (κ3) is 7.80. The van der Waals surface area contributed by atoms with Crippen LogP contribution in [0.25, 0.3) is 0 Å². The van der Waals surface area contributed by atoms with Gasteiger partial charge in [-0.2, -0.15) is 0 Å². The molecule has 0 aliphatic heterocycles. The minimum atomic E-state index is -0.171. The zero-order valence-corrected chi connectivity index (χ0v) is 8.59. The molecule has 0 spiro atoms. The Morgan fingerprint density at radius 1 is 1.33 bits per heavy atom. The number of unbranched alkanes of at least 4 members (excludes halogenated alkanes) is 2. The molecule has 0 heterocycles. The molecule has 0 saturated carbocycles. The van der Waals surface area contributed by atoms with Crippen LogP contribution in [0.3, 0.4) is 0 Å². The van der Waals surface area contributed by atoms with Crippen molar-refractivity contribution in [1.29, 1.82) is 0 Å². The number of aliphatic hydroxyl groups is 1. The lowest BCUT2D eigenvalue weighted by Crippen LogP contribution is -2.04. The normalized spacial score (nSPS) is 16.7. The second kappa shape index (κ2) is 7.35. The average molecular weight is 170 g/mol. The molecule has 0 saturated heterocycles. The number of rotatable bonds is 6. The van der Waals surface area contributed by atoms with Gasteiger partial charge in [-0.3, -0.25) is 0 Å². The molecule has 72 valence electrons. The van der Waals surface area contributed by atoms with Crippen LogP contribution in [-0.2, 0) is 0 Å². The molecule has 0 aliphatic rings. The van der Waals surface area contributed by atoms with Gasteiger partial charge < -0.3 is 5.11 Å². The van der Waals surface area contributed by atoms with Gasteiger partial charge in [0.15, 0.2) is 0 Å². The van der Waals surface area contributed by atoms with Gasteiger partial charge in [0.2, 0.25) is 0 Å². The van der Waals surface area contributed by atoms with Crippen LogP contribution in [0.5, 0.6) is 0 Å². The molecular weight excluding hydrogens is 148 g/mol. The summed E-state index contributed by atoms with van der Waals surface area (Å²) < 4.78 is 0. The summed E-state index contributed by atoms with van der Waals surface area (Å²) in [7, 11) is 0. The Kier molecular flexibility index (Phi) is 7.17. The van der Waals surface area contributed by atoms with Crippen LogP contribution in [0.15, 0.2) is 12.2 Å². The molecular formula is C11H22O. The first-order chi connectivity index (χ1) is 5.66. The molecule has 0 rings (SSSR count). The molecule has 1 nitrogen and oxygen atoms in total. The maximum absolute atomic E-state index is 9.09. The van der Waals surface area contributed by atoms with Crippen molar-refractivity contribution >= 4 is 0 Å². The zero-order chi connectivity index (χ0) is 9.40. The highest BCUT2D eigenvalue weighted by Crippen LogP contribution is 2.08. The van der Waals surface area contributed by atoms with Crippen LogP contribution in [-0.4, -0.2) is 11.2 Å². The fraction of sp³-hybridized carbons (Fsp3) is 0.818. The van der Waals surface area contributed by atoms with Gasteiger partial charge in [0.25, 0.3) is 0 Å². The van der Waals surface area contributed by atoms with E-state index in [9.17, 15) is 0 Å². The molecule has 0 aromatic heterocycles. The van der Waals surface area contributed by atoms with Crippen molar-refractivity contribution < 1.29 is 5.11 Å². The first-order valence-corrected chi connectivity index (χ1v) is 5.01. The Bertz CT molecular complexity index is 116. The zero-order valence-electron chi connectivity index (χ0n) is 8.59. The number of hydrogen-bond acceptors (Lipinski definition) is 1. The van der Waals surface area contributed by atoms with Gasteiger partial charge in [-0.15, -0.1) is 0 Å². The smallest absolute Gasteiger partial charge is 0.0517 e. The summed E-state index contributed by atoms with van der Waals surface area (Å²) >= 11 is 0. The van der Waals surface area contributed by atoms with Gasteiger partial charge in [-0.05, 0) is 25.7 Å². The molecule has 0 amide bonds. The summed E-state index contributed by atoms with van der Waals surface area (Å²) in [6.45, 7) is 6.19. The standard InChI is InChI=1S/C11H22O/c1-4-5-6-7-8-10(2)9-11(3)12/h7-8,10-12H,4-6,9H2,1-3H3. The van der Waals surface area contributed by atoms with Crippen LogP contribution < -0.4 is 0 Å². The summed E-state index contributed by atoms with van der Waals surface area (Å²) in [5.41, 5.74) is 0. The lowest BCUT2D eigenvalue weighted by molar-refractivity contribution is 0.172. The summed E-state index contributed by atoms with van der Waals surface area (Å²) in [4.78, 5) is 0. The predicted molar refractivity (Wildman–Crippen MR) is 54.1 cm³/mol. The van der Waals surface area contributed by atoms with E-state index in [2.05, 4.69) is 26.0 Å². The van der Waals surface area contributed by atoms with Gasteiger partial charge in [0.1, 0.15) is 0 Å². The van der Waals surface area contributed by atoms with Crippen LogP contribution >= 0.6 is 0 Å². The van der Waals surface area contributed by atoms with E-state index in [1.165, 1.54) is 19.3 Å². The minimum absolute atomic E-state index is 0.171. The number of hydrogen-bond donors (Lipinski definition) is 1. The van der Waals surface area contributed by atoms with Crippen molar-refractivity contribution in [1.82, 2.24) is 0 Å². The van der Waals surface area contributed by atoms with Crippen molar-refractivity contribution in [2.75, 3.05) is 0 Å².